The Balaban J connectivity index is 1.50. The molecular formula is C22H29N5O4. The topological polar surface area (TPSA) is 106 Å². The maximum atomic E-state index is 12.9. The molecule has 1 unspecified atom stereocenters. The van der Waals surface area contributed by atoms with Crippen molar-refractivity contribution in [1.29, 1.82) is 0 Å². The van der Waals surface area contributed by atoms with Crippen LogP contribution in [-0.4, -0.2) is 58.3 Å². The van der Waals surface area contributed by atoms with Crippen molar-refractivity contribution in [1.82, 2.24) is 25.5 Å². The molecule has 1 atom stereocenters. The lowest BCUT2D eigenvalue weighted by atomic mass is 10.1. The Morgan fingerprint density at radius 3 is 2.52 bits per heavy atom. The van der Waals surface area contributed by atoms with E-state index in [1.165, 1.54) is 4.68 Å². The minimum Gasteiger partial charge on any atom is -0.381 e. The van der Waals surface area contributed by atoms with Gasteiger partial charge >= 0.3 is 0 Å². The predicted molar refractivity (Wildman–Crippen MR) is 116 cm³/mol. The van der Waals surface area contributed by atoms with E-state index in [4.69, 9.17) is 4.74 Å². The molecule has 3 heterocycles. The van der Waals surface area contributed by atoms with Crippen LogP contribution < -0.4 is 16.4 Å². The molecule has 31 heavy (non-hydrogen) atoms. The van der Waals surface area contributed by atoms with Crippen molar-refractivity contribution in [2.75, 3.05) is 19.8 Å². The van der Waals surface area contributed by atoms with Gasteiger partial charge in [0.25, 0.3) is 17.4 Å². The zero-order chi connectivity index (χ0) is 22.0. The van der Waals surface area contributed by atoms with Crippen LogP contribution in [0.5, 0.6) is 0 Å². The summed E-state index contributed by atoms with van der Waals surface area (Å²) in [7, 11) is 0. The molecule has 166 valence electrons. The van der Waals surface area contributed by atoms with E-state index in [-0.39, 0.29) is 29.2 Å². The van der Waals surface area contributed by atoms with E-state index in [9.17, 15) is 14.4 Å². The SMILES string of the molecule is CC(C)n1nc(C(=O)NNC(=O)C2CCCN2C2CCOCC2)c2ccccc2c1=O. The molecule has 2 aliphatic rings. The third-order valence-corrected chi connectivity index (χ3v) is 6.09. The van der Waals surface area contributed by atoms with Gasteiger partial charge in [-0.2, -0.15) is 5.10 Å². The van der Waals surface area contributed by atoms with E-state index in [0.717, 1.165) is 45.4 Å². The first-order valence-electron chi connectivity index (χ1n) is 10.9. The van der Waals surface area contributed by atoms with Gasteiger partial charge in [0.2, 0.25) is 0 Å². The van der Waals surface area contributed by atoms with Gasteiger partial charge in [0.1, 0.15) is 0 Å². The van der Waals surface area contributed by atoms with Gasteiger partial charge < -0.3 is 4.74 Å². The summed E-state index contributed by atoms with van der Waals surface area (Å²) in [4.78, 5) is 40.7. The maximum Gasteiger partial charge on any atom is 0.290 e. The highest BCUT2D eigenvalue weighted by Gasteiger charge is 2.36. The van der Waals surface area contributed by atoms with Gasteiger partial charge in [0, 0.05) is 24.6 Å². The van der Waals surface area contributed by atoms with Crippen LogP contribution in [0.4, 0.5) is 0 Å². The molecule has 9 nitrogen and oxygen atoms in total. The number of fused-ring (bicyclic) bond motifs is 1. The summed E-state index contributed by atoms with van der Waals surface area (Å²) in [5.41, 5.74) is 4.95. The number of aromatic nitrogens is 2. The Hall–Kier alpha value is -2.78. The number of ether oxygens (including phenoxy) is 1. The number of nitrogens with zero attached hydrogens (tertiary/aromatic N) is 3. The first kappa shape index (κ1) is 21.5. The fourth-order valence-corrected chi connectivity index (χ4v) is 4.51. The molecule has 0 bridgehead atoms. The standard InChI is InChI=1S/C22H29N5O4/c1-14(2)27-22(30)17-7-4-3-6-16(17)19(25-27)21(29)24-23-20(28)18-8-5-11-26(18)15-9-12-31-13-10-15/h3-4,6-7,14-15,18H,5,8-13H2,1-2H3,(H,23,28)(H,24,29). The Bertz CT molecular complexity index is 1030. The van der Waals surface area contributed by atoms with E-state index >= 15 is 0 Å². The van der Waals surface area contributed by atoms with Crippen LogP contribution in [0.15, 0.2) is 29.1 Å². The predicted octanol–water partition coefficient (Wildman–Crippen LogP) is 1.38. The van der Waals surface area contributed by atoms with E-state index in [1.54, 1.807) is 24.3 Å². The van der Waals surface area contributed by atoms with Crippen molar-refractivity contribution in [2.24, 2.45) is 0 Å². The number of hydrogen-bond acceptors (Lipinski definition) is 6. The number of hydrogen-bond donors (Lipinski definition) is 2. The maximum absolute atomic E-state index is 12.9. The molecule has 2 aliphatic heterocycles. The Kier molecular flexibility index (Phi) is 6.33. The zero-order valence-corrected chi connectivity index (χ0v) is 18.0. The number of nitrogens with one attached hydrogen (secondary N) is 2. The number of hydrazine groups is 1. The second kappa shape index (κ2) is 9.15. The summed E-state index contributed by atoms with van der Waals surface area (Å²) in [5.74, 6) is -0.770. The van der Waals surface area contributed by atoms with Crippen molar-refractivity contribution in [3.8, 4) is 0 Å². The van der Waals surface area contributed by atoms with Crippen LogP contribution in [0.1, 0.15) is 56.1 Å². The Morgan fingerprint density at radius 1 is 1.10 bits per heavy atom. The summed E-state index contributed by atoms with van der Waals surface area (Å²) in [5, 5.41) is 5.16. The van der Waals surface area contributed by atoms with Gasteiger partial charge in [0.15, 0.2) is 5.69 Å². The molecular weight excluding hydrogens is 398 g/mol. The van der Waals surface area contributed by atoms with Crippen LogP contribution in [-0.2, 0) is 9.53 Å². The van der Waals surface area contributed by atoms with Gasteiger partial charge in [-0.1, -0.05) is 18.2 Å². The minimum absolute atomic E-state index is 0.108. The van der Waals surface area contributed by atoms with Crippen molar-refractivity contribution in [3.05, 3.63) is 40.3 Å². The molecule has 1 aromatic carbocycles. The first-order chi connectivity index (χ1) is 15.0. The van der Waals surface area contributed by atoms with Gasteiger partial charge in [-0.15, -0.1) is 0 Å². The molecule has 4 rings (SSSR count). The van der Waals surface area contributed by atoms with Crippen LogP contribution in [0.25, 0.3) is 10.8 Å². The number of likely N-dealkylation sites (tertiary alicyclic amines) is 1. The highest BCUT2D eigenvalue weighted by Crippen LogP contribution is 2.25. The lowest BCUT2D eigenvalue weighted by Crippen LogP contribution is -2.53. The number of rotatable bonds is 4. The second-order valence-corrected chi connectivity index (χ2v) is 8.42. The molecule has 2 aromatic rings. The van der Waals surface area contributed by atoms with Gasteiger partial charge in [0.05, 0.1) is 17.5 Å². The number of amides is 2. The highest BCUT2D eigenvalue weighted by molar-refractivity contribution is 6.05. The van der Waals surface area contributed by atoms with Crippen molar-refractivity contribution >= 4 is 22.6 Å². The average Bonchev–Trinajstić information content (AvgIpc) is 3.28. The summed E-state index contributed by atoms with van der Waals surface area (Å²) >= 11 is 0. The molecule has 9 heteroatoms. The molecule has 0 radical (unpaired) electrons. The monoisotopic (exact) mass is 427 g/mol. The Morgan fingerprint density at radius 2 is 1.81 bits per heavy atom. The third kappa shape index (κ3) is 4.33. The molecule has 1 aromatic heterocycles. The second-order valence-electron chi connectivity index (χ2n) is 8.42. The fraction of sp³-hybridized carbons (Fsp3) is 0.545. The van der Waals surface area contributed by atoms with E-state index in [0.29, 0.717) is 16.8 Å². The Labute approximate surface area is 180 Å². The summed E-state index contributed by atoms with van der Waals surface area (Å²) in [6.07, 6.45) is 3.55. The molecule has 0 aliphatic carbocycles. The lowest BCUT2D eigenvalue weighted by molar-refractivity contribution is -0.127. The summed E-state index contributed by atoms with van der Waals surface area (Å²) in [6, 6.07) is 6.74. The van der Waals surface area contributed by atoms with Crippen molar-refractivity contribution < 1.29 is 14.3 Å². The quantitative estimate of drug-likeness (QED) is 0.715. The van der Waals surface area contributed by atoms with Crippen LogP contribution in [0.2, 0.25) is 0 Å². The zero-order valence-electron chi connectivity index (χ0n) is 18.0. The molecule has 0 spiro atoms. The van der Waals surface area contributed by atoms with Crippen molar-refractivity contribution in [2.45, 2.75) is 57.7 Å². The number of benzene rings is 1. The molecule has 2 N–H and O–H groups in total. The number of carbonyl (C=O) groups is 2. The average molecular weight is 428 g/mol. The van der Waals surface area contributed by atoms with Crippen LogP contribution in [0, 0.1) is 0 Å². The molecule has 2 fully saturated rings. The van der Waals surface area contributed by atoms with Gasteiger partial charge in [-0.05, 0) is 52.1 Å². The van der Waals surface area contributed by atoms with Crippen LogP contribution >= 0.6 is 0 Å². The molecule has 0 saturated carbocycles. The smallest absolute Gasteiger partial charge is 0.290 e. The first-order valence-corrected chi connectivity index (χ1v) is 10.9. The fourth-order valence-electron chi connectivity index (χ4n) is 4.51. The van der Waals surface area contributed by atoms with Gasteiger partial charge in [-0.3, -0.25) is 30.1 Å². The van der Waals surface area contributed by atoms with E-state index < -0.39 is 5.91 Å². The lowest BCUT2D eigenvalue weighted by Gasteiger charge is -2.34. The summed E-state index contributed by atoms with van der Waals surface area (Å²) < 4.78 is 6.73. The van der Waals surface area contributed by atoms with E-state index in [1.807, 2.05) is 13.8 Å². The third-order valence-electron chi connectivity index (χ3n) is 6.09. The molecule has 2 amide bonds. The minimum atomic E-state index is -0.547. The highest BCUT2D eigenvalue weighted by atomic mass is 16.5. The van der Waals surface area contributed by atoms with Crippen molar-refractivity contribution in [3.63, 3.8) is 0 Å². The number of carbonyl (C=O) groups excluding carboxylic acids is 2. The van der Waals surface area contributed by atoms with E-state index in [2.05, 4.69) is 20.9 Å². The normalized spacial score (nSPS) is 20.3. The summed E-state index contributed by atoms with van der Waals surface area (Å²) in [6.45, 7) is 5.98. The molecule has 2 saturated heterocycles. The van der Waals surface area contributed by atoms with Gasteiger partial charge in [-0.25, -0.2) is 4.68 Å². The van der Waals surface area contributed by atoms with Crippen LogP contribution in [0.3, 0.4) is 0 Å². The largest absolute Gasteiger partial charge is 0.381 e.